The Morgan fingerprint density at radius 1 is 0.232 bits per heavy atom. The minimum atomic E-state index is -0.258. The van der Waals surface area contributed by atoms with E-state index in [2.05, 4.69) is 435 Å². The van der Waals surface area contributed by atoms with Crippen molar-refractivity contribution in [3.05, 3.63) is 405 Å². The molecule has 0 saturated heterocycles. The Morgan fingerprint density at radius 3 is 0.848 bits per heavy atom. The molecule has 0 fully saturated rings. The first-order valence-electron chi connectivity index (χ1n) is 39.2. The van der Waals surface area contributed by atoms with Crippen LogP contribution in [0.5, 0.6) is 0 Å². The van der Waals surface area contributed by atoms with E-state index in [1.807, 2.05) is 0 Å². The molecule has 0 aliphatic carbocycles. The van der Waals surface area contributed by atoms with E-state index in [0.29, 0.717) is 0 Å². The van der Waals surface area contributed by atoms with E-state index in [9.17, 15) is 0 Å². The molecule has 0 unspecified atom stereocenters. The zero-order valence-electron chi connectivity index (χ0n) is 62.9. The lowest BCUT2D eigenvalue weighted by atomic mass is 9.33. The summed E-state index contributed by atoms with van der Waals surface area (Å²) in [5.74, 6) is 0.100. The maximum absolute atomic E-state index is 2.73. The van der Waals surface area contributed by atoms with Gasteiger partial charge in [-0.3, -0.25) is 0 Å². The van der Waals surface area contributed by atoms with Crippen molar-refractivity contribution in [2.45, 2.75) is 33.6 Å². The zero-order chi connectivity index (χ0) is 74.7. The predicted octanol–water partition coefficient (Wildman–Crippen LogP) is 27.0. The Balaban J connectivity index is 0.890. The van der Waals surface area contributed by atoms with Gasteiger partial charge >= 0.3 is 0 Å². The molecule has 19 aromatic rings. The van der Waals surface area contributed by atoms with Crippen molar-refractivity contribution < 1.29 is 0 Å². The van der Waals surface area contributed by atoms with Crippen LogP contribution in [0.1, 0.15) is 36.5 Å². The van der Waals surface area contributed by atoms with E-state index in [-0.39, 0.29) is 12.6 Å². The maximum Gasteiger partial charge on any atom is 0.252 e. The van der Waals surface area contributed by atoms with Gasteiger partial charge in [0.2, 0.25) is 0 Å². The molecule has 0 radical (unpaired) electrons. The van der Waals surface area contributed by atoms with Gasteiger partial charge in [0.1, 0.15) is 0 Å². The second kappa shape index (κ2) is 27.0. The normalized spacial score (nSPS) is 12.3. The summed E-state index contributed by atoms with van der Waals surface area (Å²) in [7, 11) is 0. The molecule has 5 heteroatoms. The molecule has 528 valence electrons. The van der Waals surface area contributed by atoms with E-state index in [4.69, 9.17) is 0 Å². The Kier molecular flexibility index (Phi) is 16.0. The summed E-state index contributed by atoms with van der Waals surface area (Å²) in [4.78, 5) is 5.45. The fourth-order valence-corrected chi connectivity index (χ4v) is 18.4. The number of hydrogen-bond acceptors (Lipinski definition) is 2. The fraction of sp³-hybridized carbons (Fsp3) is 0.0467. The minimum absolute atomic E-state index is 0.100. The summed E-state index contributed by atoms with van der Waals surface area (Å²) >= 11 is 0. The fourth-order valence-electron chi connectivity index (χ4n) is 18.4. The molecule has 4 heterocycles. The first kappa shape index (κ1) is 66.2. The van der Waals surface area contributed by atoms with Gasteiger partial charge in [0.15, 0.2) is 0 Å². The molecule has 0 saturated carbocycles. The number of aromatic nitrogens is 2. The van der Waals surface area contributed by atoms with Crippen LogP contribution in [0.25, 0.3) is 144 Å². The van der Waals surface area contributed by atoms with Gasteiger partial charge in [0, 0.05) is 77.9 Å². The Labute approximate surface area is 654 Å². The third-order valence-corrected chi connectivity index (χ3v) is 23.5. The van der Waals surface area contributed by atoms with Crippen LogP contribution in [0.2, 0.25) is 0 Å². The molecule has 0 bridgehead atoms. The topological polar surface area (TPSA) is 16.3 Å². The van der Waals surface area contributed by atoms with Crippen molar-refractivity contribution in [3.8, 4) is 100 Å². The summed E-state index contributed by atoms with van der Waals surface area (Å²) in [6.45, 7) is 9.05. The second-order valence-electron chi connectivity index (χ2n) is 30.7. The Bertz CT molecular complexity index is 6430. The van der Waals surface area contributed by atoms with Crippen LogP contribution >= 0.6 is 0 Å². The highest BCUT2D eigenvalue weighted by molar-refractivity contribution is 7.00. The van der Waals surface area contributed by atoms with E-state index in [0.717, 1.165) is 134 Å². The van der Waals surface area contributed by atoms with Crippen LogP contribution in [0, 0.1) is 13.8 Å². The van der Waals surface area contributed by atoms with Crippen molar-refractivity contribution >= 4 is 101 Å². The standard InChI is InChI=1S/C107H77BN4/c1-69(2)84-65-103-105-104(66-84)112(107-92(75-35-15-8-16-36-75)58-71(4)60-94(107)83-44-28-42-81(64-83)79-40-26-38-77(62-79)73-31-11-6-12-32-73)102-68-86(110-99-51-23-19-47-89(99)90-48-20-24-52-100(90)110)54-56-96(102)108(105)95-55-53-85(109-97-49-21-17-45-87(97)88-46-18-22-50-98(88)109)67-101(95)111(103)106-91(74-33-13-7-14-34-74)57-70(3)59-93(106)82-43-27-41-80(63-82)78-39-25-37-76(61-78)72-29-9-5-10-30-72/h5-69H,1-4H3. The highest BCUT2D eigenvalue weighted by atomic mass is 15.2. The number of aryl methyl sites for hydroxylation is 2. The molecule has 2 aliphatic rings. The highest BCUT2D eigenvalue weighted by Gasteiger charge is 2.46. The average molecular weight is 1430 g/mol. The summed E-state index contributed by atoms with van der Waals surface area (Å²) in [5, 5.41) is 4.89. The maximum atomic E-state index is 2.73. The monoisotopic (exact) mass is 1430 g/mol. The van der Waals surface area contributed by atoms with Crippen LogP contribution in [-0.4, -0.2) is 15.8 Å². The average Bonchev–Trinajstić information content (AvgIpc) is 0.715. The van der Waals surface area contributed by atoms with Gasteiger partial charge in [0.05, 0.1) is 33.4 Å². The summed E-state index contributed by atoms with van der Waals surface area (Å²) in [5.41, 5.74) is 39.3. The number of fused-ring (bicyclic) bond motifs is 10. The van der Waals surface area contributed by atoms with E-state index in [1.54, 1.807) is 0 Å². The predicted molar refractivity (Wildman–Crippen MR) is 476 cm³/mol. The van der Waals surface area contributed by atoms with Crippen molar-refractivity contribution in [1.82, 2.24) is 9.13 Å². The lowest BCUT2D eigenvalue weighted by Gasteiger charge is -2.46. The molecule has 0 atom stereocenters. The number of nitrogens with zero attached hydrogens (tertiary/aromatic N) is 4. The van der Waals surface area contributed by atoms with Gasteiger partial charge in [-0.25, -0.2) is 0 Å². The lowest BCUT2D eigenvalue weighted by Crippen LogP contribution is -2.61. The number of rotatable bonds is 13. The molecule has 17 aromatic carbocycles. The lowest BCUT2D eigenvalue weighted by molar-refractivity contribution is 0.866. The second-order valence-corrected chi connectivity index (χ2v) is 30.7. The Morgan fingerprint density at radius 2 is 0.509 bits per heavy atom. The molecule has 0 amide bonds. The highest BCUT2D eigenvalue weighted by Crippen LogP contribution is 2.55. The van der Waals surface area contributed by atoms with Crippen LogP contribution in [0.3, 0.4) is 0 Å². The first-order chi connectivity index (χ1) is 55.2. The van der Waals surface area contributed by atoms with E-state index in [1.165, 1.54) is 76.9 Å². The molecule has 4 nitrogen and oxygen atoms in total. The van der Waals surface area contributed by atoms with Gasteiger partial charge in [-0.15, -0.1) is 0 Å². The van der Waals surface area contributed by atoms with Crippen molar-refractivity contribution in [2.24, 2.45) is 0 Å². The molecule has 112 heavy (non-hydrogen) atoms. The molecule has 0 spiro atoms. The van der Waals surface area contributed by atoms with Crippen LogP contribution in [0.15, 0.2) is 388 Å². The summed E-state index contributed by atoms with van der Waals surface area (Å²) in [6.07, 6.45) is 0. The first-order valence-corrected chi connectivity index (χ1v) is 39.2. The third-order valence-electron chi connectivity index (χ3n) is 23.5. The molecule has 0 N–H and O–H groups in total. The van der Waals surface area contributed by atoms with Crippen molar-refractivity contribution in [2.75, 3.05) is 9.80 Å². The van der Waals surface area contributed by atoms with Gasteiger partial charge < -0.3 is 18.9 Å². The summed E-state index contributed by atoms with van der Waals surface area (Å²) < 4.78 is 5.01. The molecule has 2 aromatic heterocycles. The van der Waals surface area contributed by atoms with Crippen molar-refractivity contribution in [1.29, 1.82) is 0 Å². The third kappa shape index (κ3) is 11.1. The Hall–Kier alpha value is -14.0. The van der Waals surface area contributed by atoms with Crippen LogP contribution in [0.4, 0.5) is 34.1 Å². The largest absolute Gasteiger partial charge is 0.310 e. The van der Waals surface area contributed by atoms with Crippen LogP contribution < -0.4 is 26.2 Å². The van der Waals surface area contributed by atoms with Gasteiger partial charge in [-0.2, -0.15) is 0 Å². The van der Waals surface area contributed by atoms with E-state index < -0.39 is 0 Å². The van der Waals surface area contributed by atoms with Crippen molar-refractivity contribution in [3.63, 3.8) is 0 Å². The quantitative estimate of drug-likeness (QED) is 0.107. The van der Waals surface area contributed by atoms with E-state index >= 15 is 0 Å². The van der Waals surface area contributed by atoms with Gasteiger partial charge in [0.25, 0.3) is 6.71 Å². The zero-order valence-corrected chi connectivity index (χ0v) is 62.9. The number of benzene rings is 17. The minimum Gasteiger partial charge on any atom is -0.310 e. The number of para-hydroxylation sites is 4. The van der Waals surface area contributed by atoms with Gasteiger partial charge in [-0.05, 0) is 229 Å². The van der Waals surface area contributed by atoms with Crippen LogP contribution in [-0.2, 0) is 0 Å². The molecular formula is C107H77BN4. The molecule has 21 rings (SSSR count). The molecule has 2 aliphatic heterocycles. The smallest absolute Gasteiger partial charge is 0.252 e. The SMILES string of the molecule is Cc1cc(-c2ccccc2)c(N2c3cc(-n4c5ccccc5c5ccccc54)ccc3B3c4ccc(-n5c6ccccc6c6ccccc65)cc4N(c4c(-c5ccccc5)cc(C)cc4-c4cccc(-c5cccc(-c6ccccc6)c5)c4)c4cc(C(C)C)cc2c43)c(-c2cccc(-c3cccc(-c4ccccc4)c3)c2)c1. The van der Waals surface area contributed by atoms with Gasteiger partial charge in [-0.1, -0.05) is 293 Å². The number of anilines is 6. The summed E-state index contributed by atoms with van der Waals surface area (Å²) in [6, 6.07) is 146. The molecular weight excluding hydrogens is 1350 g/mol. The number of hydrogen-bond donors (Lipinski definition) is 0.